The van der Waals surface area contributed by atoms with Gasteiger partial charge in [0.05, 0.1) is 5.56 Å². The van der Waals surface area contributed by atoms with Gasteiger partial charge in [0.1, 0.15) is 0 Å². The summed E-state index contributed by atoms with van der Waals surface area (Å²) in [4.78, 5) is 37.3. The van der Waals surface area contributed by atoms with Gasteiger partial charge in [-0.3, -0.25) is 9.59 Å². The van der Waals surface area contributed by atoms with Crippen molar-refractivity contribution in [3.63, 3.8) is 0 Å². The lowest BCUT2D eigenvalue weighted by Gasteiger charge is -2.29. The van der Waals surface area contributed by atoms with Crippen LogP contribution in [0.2, 0.25) is 0 Å². The van der Waals surface area contributed by atoms with Crippen molar-refractivity contribution in [2.24, 2.45) is 0 Å². The molecule has 2 amide bonds. The Morgan fingerprint density at radius 1 is 0.923 bits per heavy atom. The van der Waals surface area contributed by atoms with E-state index < -0.39 is 5.97 Å². The number of aryl methyl sites for hydroxylation is 1. The Balaban J connectivity index is 1.57. The predicted molar refractivity (Wildman–Crippen MR) is 95.2 cm³/mol. The molecule has 26 heavy (non-hydrogen) atoms. The number of carbonyl (C=O) groups excluding carboxylic acids is 2. The molecule has 0 bridgehead atoms. The van der Waals surface area contributed by atoms with Crippen LogP contribution in [0.15, 0.2) is 36.4 Å². The van der Waals surface area contributed by atoms with Crippen LogP contribution < -0.4 is 5.32 Å². The minimum absolute atomic E-state index is 0.00144. The molecule has 2 aliphatic heterocycles. The number of carbonyl (C=O) groups is 3. The van der Waals surface area contributed by atoms with Gasteiger partial charge in [-0.15, -0.1) is 0 Å². The molecule has 0 spiro atoms. The number of carboxylic acid groups (broad SMARTS) is 1. The van der Waals surface area contributed by atoms with Gasteiger partial charge in [-0.1, -0.05) is 6.07 Å². The van der Waals surface area contributed by atoms with Crippen LogP contribution in [0.25, 0.3) is 0 Å². The zero-order chi connectivity index (χ0) is 18.3. The molecule has 4 rings (SSSR count). The van der Waals surface area contributed by atoms with E-state index in [1.54, 1.807) is 29.2 Å². The molecule has 0 fully saturated rings. The first kappa shape index (κ1) is 16.3. The van der Waals surface area contributed by atoms with Crippen molar-refractivity contribution in [2.75, 3.05) is 11.9 Å². The average molecular weight is 350 g/mol. The Kier molecular flexibility index (Phi) is 3.95. The molecule has 2 aliphatic rings. The van der Waals surface area contributed by atoms with Gasteiger partial charge in [-0.2, -0.15) is 0 Å². The molecule has 0 saturated carbocycles. The fourth-order valence-corrected chi connectivity index (χ4v) is 3.56. The van der Waals surface area contributed by atoms with Crippen LogP contribution in [0.3, 0.4) is 0 Å². The van der Waals surface area contributed by atoms with Gasteiger partial charge in [-0.25, -0.2) is 4.79 Å². The molecular weight excluding hydrogens is 332 g/mol. The number of carboxylic acids is 1. The lowest BCUT2D eigenvalue weighted by Crippen LogP contribution is -2.36. The zero-order valence-electron chi connectivity index (χ0n) is 14.1. The van der Waals surface area contributed by atoms with Crippen molar-refractivity contribution >= 4 is 23.5 Å². The standard InChI is InChI=1S/C20H18N2O4/c23-18-6-4-13-9-14(3-5-17(13)21-18)19(24)22-8-7-12-1-2-15(20(25)26)10-16(12)11-22/h1-3,5,9-10H,4,6-8,11H2,(H,21,23)(H,25,26). The third-order valence-corrected chi connectivity index (χ3v) is 5.00. The third kappa shape index (κ3) is 2.94. The first-order valence-electron chi connectivity index (χ1n) is 8.58. The van der Waals surface area contributed by atoms with Crippen LogP contribution in [-0.2, 0) is 24.2 Å². The quantitative estimate of drug-likeness (QED) is 0.871. The van der Waals surface area contributed by atoms with Crippen LogP contribution in [0.1, 0.15) is 43.8 Å². The first-order chi connectivity index (χ1) is 12.5. The second-order valence-electron chi connectivity index (χ2n) is 6.69. The minimum Gasteiger partial charge on any atom is -0.478 e. The van der Waals surface area contributed by atoms with Gasteiger partial charge in [-0.05, 0) is 59.9 Å². The number of aromatic carboxylic acids is 1. The molecule has 2 N–H and O–H groups in total. The zero-order valence-corrected chi connectivity index (χ0v) is 14.1. The normalized spacial score (nSPS) is 15.7. The molecule has 2 heterocycles. The Bertz CT molecular complexity index is 935. The Morgan fingerprint density at radius 2 is 1.69 bits per heavy atom. The summed E-state index contributed by atoms with van der Waals surface area (Å²) < 4.78 is 0. The molecule has 6 nitrogen and oxygen atoms in total. The number of benzene rings is 2. The summed E-state index contributed by atoms with van der Waals surface area (Å²) in [6.45, 7) is 1.01. The average Bonchev–Trinajstić information content (AvgIpc) is 2.66. The highest BCUT2D eigenvalue weighted by Gasteiger charge is 2.24. The minimum atomic E-state index is -0.965. The Hall–Kier alpha value is -3.15. The molecule has 2 aromatic rings. The highest BCUT2D eigenvalue weighted by molar-refractivity contribution is 5.98. The van der Waals surface area contributed by atoms with Crippen molar-refractivity contribution in [2.45, 2.75) is 25.8 Å². The maximum absolute atomic E-state index is 12.9. The smallest absolute Gasteiger partial charge is 0.335 e. The van der Waals surface area contributed by atoms with Crippen LogP contribution in [0, 0.1) is 0 Å². The number of nitrogens with zero attached hydrogens (tertiary/aromatic N) is 1. The van der Waals surface area contributed by atoms with Crippen molar-refractivity contribution in [3.8, 4) is 0 Å². The number of nitrogens with one attached hydrogen (secondary N) is 1. The summed E-state index contributed by atoms with van der Waals surface area (Å²) in [5.41, 5.74) is 4.55. The number of hydrogen-bond donors (Lipinski definition) is 2. The number of amides is 2. The fourth-order valence-electron chi connectivity index (χ4n) is 3.56. The van der Waals surface area contributed by atoms with Crippen LogP contribution in [-0.4, -0.2) is 34.3 Å². The van der Waals surface area contributed by atoms with Crippen molar-refractivity contribution in [3.05, 3.63) is 64.2 Å². The van der Waals surface area contributed by atoms with Gasteiger partial charge in [0.2, 0.25) is 5.91 Å². The molecule has 0 radical (unpaired) electrons. The fraction of sp³-hybridized carbons (Fsp3) is 0.250. The molecule has 132 valence electrons. The van der Waals surface area contributed by atoms with E-state index in [4.69, 9.17) is 5.11 Å². The van der Waals surface area contributed by atoms with E-state index >= 15 is 0 Å². The maximum atomic E-state index is 12.9. The van der Waals surface area contributed by atoms with Gasteiger partial charge in [0.25, 0.3) is 5.91 Å². The summed E-state index contributed by atoms with van der Waals surface area (Å²) in [6.07, 6.45) is 1.77. The molecular formula is C20H18N2O4. The van der Waals surface area contributed by atoms with Crippen molar-refractivity contribution in [1.82, 2.24) is 4.90 Å². The monoisotopic (exact) mass is 350 g/mol. The lowest BCUT2D eigenvalue weighted by molar-refractivity contribution is -0.116. The largest absolute Gasteiger partial charge is 0.478 e. The van der Waals surface area contributed by atoms with E-state index in [1.807, 2.05) is 12.1 Å². The lowest BCUT2D eigenvalue weighted by atomic mass is 9.96. The predicted octanol–water partition coefficient (Wildman–Crippen LogP) is 2.47. The molecule has 0 atom stereocenters. The summed E-state index contributed by atoms with van der Waals surface area (Å²) in [7, 11) is 0. The Labute approximate surface area is 150 Å². The molecule has 0 unspecified atom stereocenters. The Morgan fingerprint density at radius 3 is 2.50 bits per heavy atom. The van der Waals surface area contributed by atoms with E-state index in [2.05, 4.69) is 5.32 Å². The number of rotatable bonds is 2. The topological polar surface area (TPSA) is 86.7 Å². The third-order valence-electron chi connectivity index (χ3n) is 5.00. The van der Waals surface area contributed by atoms with Gasteiger partial charge in [0.15, 0.2) is 0 Å². The molecule has 2 aromatic carbocycles. The van der Waals surface area contributed by atoms with Crippen LogP contribution in [0.5, 0.6) is 0 Å². The van der Waals surface area contributed by atoms with E-state index in [0.717, 1.165) is 22.4 Å². The second kappa shape index (κ2) is 6.29. The van der Waals surface area contributed by atoms with Crippen molar-refractivity contribution < 1.29 is 19.5 Å². The SMILES string of the molecule is O=C1CCc2cc(C(=O)N3CCc4ccc(C(=O)O)cc4C3)ccc2N1. The summed E-state index contributed by atoms with van der Waals surface area (Å²) >= 11 is 0. The van der Waals surface area contributed by atoms with Gasteiger partial charge < -0.3 is 15.3 Å². The molecule has 6 heteroatoms. The first-order valence-corrected chi connectivity index (χ1v) is 8.58. The molecule has 0 aliphatic carbocycles. The number of fused-ring (bicyclic) bond motifs is 2. The highest BCUT2D eigenvalue weighted by Crippen LogP contribution is 2.26. The van der Waals surface area contributed by atoms with E-state index in [0.29, 0.717) is 37.9 Å². The number of hydrogen-bond acceptors (Lipinski definition) is 3. The molecule has 0 saturated heterocycles. The summed E-state index contributed by atoms with van der Waals surface area (Å²) in [6, 6.07) is 10.5. The van der Waals surface area contributed by atoms with E-state index in [1.165, 1.54) is 0 Å². The number of anilines is 1. The second-order valence-corrected chi connectivity index (χ2v) is 6.69. The van der Waals surface area contributed by atoms with Crippen LogP contribution >= 0.6 is 0 Å². The van der Waals surface area contributed by atoms with E-state index in [9.17, 15) is 14.4 Å². The maximum Gasteiger partial charge on any atom is 0.335 e. The van der Waals surface area contributed by atoms with Crippen molar-refractivity contribution in [1.29, 1.82) is 0 Å². The van der Waals surface area contributed by atoms with Crippen LogP contribution in [0.4, 0.5) is 5.69 Å². The molecule has 0 aromatic heterocycles. The van der Waals surface area contributed by atoms with Gasteiger partial charge in [0, 0.05) is 30.8 Å². The summed E-state index contributed by atoms with van der Waals surface area (Å²) in [5.74, 6) is -1.04. The summed E-state index contributed by atoms with van der Waals surface area (Å²) in [5, 5.41) is 12.0. The van der Waals surface area contributed by atoms with E-state index in [-0.39, 0.29) is 17.4 Å². The van der Waals surface area contributed by atoms with Gasteiger partial charge >= 0.3 is 5.97 Å². The highest BCUT2D eigenvalue weighted by atomic mass is 16.4.